The third-order valence-electron chi connectivity index (χ3n) is 4.32. The zero-order valence-electron chi connectivity index (χ0n) is 14.3. The zero-order chi connectivity index (χ0) is 17.2. The standard InChI is InChI=1S/C16H20N8O/c1-12-3-5-14(6-4-12)24-16(18-20-21-24)23-9-7-22(8-10-23)11-15-17-13(2)25-19-15/h3-6H,7-11H2,1-2H3. The van der Waals surface area contributed by atoms with Crippen LogP contribution in [0.25, 0.3) is 5.69 Å². The van der Waals surface area contributed by atoms with Gasteiger partial charge in [-0.3, -0.25) is 4.90 Å². The Bertz CT molecular complexity index is 832. The van der Waals surface area contributed by atoms with Gasteiger partial charge in [0, 0.05) is 33.1 Å². The maximum Gasteiger partial charge on any atom is 0.250 e. The average Bonchev–Trinajstić information content (AvgIpc) is 3.26. The van der Waals surface area contributed by atoms with Crippen LogP contribution in [0.15, 0.2) is 28.8 Å². The number of piperazine rings is 1. The minimum Gasteiger partial charge on any atom is -0.340 e. The summed E-state index contributed by atoms with van der Waals surface area (Å²) in [6, 6.07) is 8.19. The Kier molecular flexibility index (Phi) is 4.14. The van der Waals surface area contributed by atoms with Gasteiger partial charge in [-0.2, -0.15) is 9.67 Å². The predicted octanol–water partition coefficient (Wildman–Crippen LogP) is 0.984. The molecule has 9 nitrogen and oxygen atoms in total. The summed E-state index contributed by atoms with van der Waals surface area (Å²) in [6.07, 6.45) is 0. The first-order valence-electron chi connectivity index (χ1n) is 8.31. The van der Waals surface area contributed by atoms with E-state index in [2.05, 4.69) is 54.5 Å². The Morgan fingerprint density at radius 3 is 2.48 bits per heavy atom. The molecule has 0 aliphatic carbocycles. The van der Waals surface area contributed by atoms with E-state index in [1.165, 1.54) is 5.56 Å². The number of hydrogen-bond donors (Lipinski definition) is 0. The second kappa shape index (κ2) is 6.60. The van der Waals surface area contributed by atoms with Crippen LogP contribution in [-0.4, -0.2) is 61.4 Å². The topological polar surface area (TPSA) is 89.0 Å². The van der Waals surface area contributed by atoms with Crippen molar-refractivity contribution < 1.29 is 4.52 Å². The van der Waals surface area contributed by atoms with Gasteiger partial charge in [-0.25, -0.2) is 0 Å². The summed E-state index contributed by atoms with van der Waals surface area (Å²) in [5.74, 6) is 2.11. The van der Waals surface area contributed by atoms with Crippen LogP contribution in [0.5, 0.6) is 0 Å². The van der Waals surface area contributed by atoms with E-state index in [4.69, 9.17) is 4.52 Å². The van der Waals surface area contributed by atoms with Crippen LogP contribution in [0.1, 0.15) is 17.3 Å². The van der Waals surface area contributed by atoms with Crippen molar-refractivity contribution in [2.75, 3.05) is 31.1 Å². The van der Waals surface area contributed by atoms with Gasteiger partial charge in [-0.05, 0) is 29.5 Å². The molecule has 1 aliphatic rings. The fourth-order valence-corrected chi connectivity index (χ4v) is 2.94. The minimum atomic E-state index is 0.603. The van der Waals surface area contributed by atoms with Crippen LogP contribution in [0.3, 0.4) is 0 Å². The van der Waals surface area contributed by atoms with E-state index >= 15 is 0 Å². The molecule has 130 valence electrons. The summed E-state index contributed by atoms with van der Waals surface area (Å²) < 4.78 is 6.82. The van der Waals surface area contributed by atoms with Crippen molar-refractivity contribution in [3.8, 4) is 5.69 Å². The smallest absolute Gasteiger partial charge is 0.250 e. The molecule has 0 saturated carbocycles. The molecule has 1 aliphatic heterocycles. The van der Waals surface area contributed by atoms with Crippen molar-refractivity contribution >= 4 is 5.95 Å². The lowest BCUT2D eigenvalue weighted by atomic mass is 10.2. The molecule has 0 atom stereocenters. The van der Waals surface area contributed by atoms with E-state index in [1.807, 2.05) is 12.1 Å². The van der Waals surface area contributed by atoms with Gasteiger partial charge in [0.05, 0.1) is 12.2 Å². The van der Waals surface area contributed by atoms with Gasteiger partial charge in [-0.15, -0.1) is 0 Å². The fraction of sp³-hybridized carbons (Fsp3) is 0.438. The van der Waals surface area contributed by atoms with Gasteiger partial charge in [0.25, 0.3) is 0 Å². The lowest BCUT2D eigenvalue weighted by molar-refractivity contribution is 0.238. The molecule has 0 bridgehead atoms. The number of aromatic nitrogens is 6. The van der Waals surface area contributed by atoms with Crippen LogP contribution in [-0.2, 0) is 6.54 Å². The number of anilines is 1. The lowest BCUT2D eigenvalue weighted by Gasteiger charge is -2.34. The molecule has 25 heavy (non-hydrogen) atoms. The average molecular weight is 340 g/mol. The first-order chi connectivity index (χ1) is 12.2. The number of hydrogen-bond acceptors (Lipinski definition) is 8. The third-order valence-corrected chi connectivity index (χ3v) is 4.32. The highest BCUT2D eigenvalue weighted by molar-refractivity contribution is 5.42. The number of rotatable bonds is 4. The second-order valence-corrected chi connectivity index (χ2v) is 6.22. The van der Waals surface area contributed by atoms with Gasteiger partial charge < -0.3 is 9.42 Å². The molecule has 0 amide bonds. The summed E-state index contributed by atoms with van der Waals surface area (Å²) in [4.78, 5) is 8.78. The maximum atomic E-state index is 5.03. The highest BCUT2D eigenvalue weighted by atomic mass is 16.5. The monoisotopic (exact) mass is 340 g/mol. The number of tetrazole rings is 1. The molecule has 0 N–H and O–H groups in total. The Labute approximate surface area is 145 Å². The molecular weight excluding hydrogens is 320 g/mol. The number of aryl methyl sites for hydroxylation is 2. The predicted molar refractivity (Wildman–Crippen MR) is 90.4 cm³/mol. The minimum absolute atomic E-state index is 0.603. The summed E-state index contributed by atoms with van der Waals surface area (Å²) in [5, 5.41) is 16.2. The molecule has 1 aromatic carbocycles. The van der Waals surface area contributed by atoms with Crippen molar-refractivity contribution in [3.05, 3.63) is 41.5 Å². The summed E-state index contributed by atoms with van der Waals surface area (Å²) in [7, 11) is 0. The quantitative estimate of drug-likeness (QED) is 0.694. The number of benzene rings is 1. The van der Waals surface area contributed by atoms with E-state index in [-0.39, 0.29) is 0 Å². The lowest BCUT2D eigenvalue weighted by Crippen LogP contribution is -2.47. The normalized spacial score (nSPS) is 15.7. The molecular formula is C16H20N8O. The Morgan fingerprint density at radius 2 is 1.80 bits per heavy atom. The maximum absolute atomic E-state index is 5.03. The van der Waals surface area contributed by atoms with Gasteiger partial charge in [-0.1, -0.05) is 28.0 Å². The highest BCUT2D eigenvalue weighted by Crippen LogP contribution is 2.18. The van der Waals surface area contributed by atoms with E-state index in [0.29, 0.717) is 12.4 Å². The molecule has 0 radical (unpaired) electrons. The van der Waals surface area contributed by atoms with Crippen molar-refractivity contribution in [3.63, 3.8) is 0 Å². The Hall–Kier alpha value is -2.81. The van der Waals surface area contributed by atoms with Crippen molar-refractivity contribution in [1.29, 1.82) is 0 Å². The third kappa shape index (κ3) is 3.36. The SMILES string of the molecule is Cc1ccc(-n2nnnc2N2CCN(Cc3noc(C)n3)CC2)cc1. The van der Waals surface area contributed by atoms with Crippen LogP contribution < -0.4 is 4.90 Å². The first-order valence-corrected chi connectivity index (χ1v) is 8.31. The highest BCUT2D eigenvalue weighted by Gasteiger charge is 2.23. The first kappa shape index (κ1) is 15.7. The molecule has 1 saturated heterocycles. The summed E-state index contributed by atoms with van der Waals surface area (Å²) >= 11 is 0. The van der Waals surface area contributed by atoms with E-state index in [9.17, 15) is 0 Å². The van der Waals surface area contributed by atoms with Crippen molar-refractivity contribution in [2.45, 2.75) is 20.4 Å². The number of nitrogens with zero attached hydrogens (tertiary/aromatic N) is 8. The van der Waals surface area contributed by atoms with E-state index in [1.54, 1.807) is 11.6 Å². The largest absolute Gasteiger partial charge is 0.340 e. The van der Waals surface area contributed by atoms with E-state index < -0.39 is 0 Å². The molecule has 3 aromatic rings. The van der Waals surface area contributed by atoms with Gasteiger partial charge in [0.1, 0.15) is 0 Å². The molecule has 1 fully saturated rings. The Balaban J connectivity index is 1.43. The molecule has 0 spiro atoms. The fourth-order valence-electron chi connectivity index (χ4n) is 2.94. The Morgan fingerprint density at radius 1 is 1.04 bits per heavy atom. The molecule has 2 aromatic heterocycles. The second-order valence-electron chi connectivity index (χ2n) is 6.22. The van der Waals surface area contributed by atoms with Gasteiger partial charge >= 0.3 is 0 Å². The molecule has 9 heteroatoms. The molecule has 0 unspecified atom stereocenters. The van der Waals surface area contributed by atoms with Crippen LogP contribution in [0.2, 0.25) is 0 Å². The summed E-state index contributed by atoms with van der Waals surface area (Å²) in [6.45, 7) is 8.07. The van der Waals surface area contributed by atoms with Crippen LogP contribution >= 0.6 is 0 Å². The summed E-state index contributed by atoms with van der Waals surface area (Å²) in [5.41, 5.74) is 2.18. The van der Waals surface area contributed by atoms with Crippen molar-refractivity contribution in [2.24, 2.45) is 0 Å². The van der Waals surface area contributed by atoms with Crippen LogP contribution in [0.4, 0.5) is 5.95 Å². The van der Waals surface area contributed by atoms with E-state index in [0.717, 1.165) is 43.6 Å². The van der Waals surface area contributed by atoms with Crippen LogP contribution in [0, 0.1) is 13.8 Å². The zero-order valence-corrected chi connectivity index (χ0v) is 14.3. The van der Waals surface area contributed by atoms with Crippen molar-refractivity contribution in [1.82, 2.24) is 35.2 Å². The van der Waals surface area contributed by atoms with Gasteiger partial charge in [0.15, 0.2) is 5.82 Å². The molecule has 4 rings (SSSR count). The van der Waals surface area contributed by atoms with Gasteiger partial charge in [0.2, 0.25) is 11.8 Å². The molecule has 3 heterocycles.